The van der Waals surface area contributed by atoms with E-state index in [1.807, 2.05) is 48.5 Å². The van der Waals surface area contributed by atoms with Crippen LogP contribution >= 0.6 is 11.3 Å². The molecule has 204 valence electrons. The smallest absolute Gasteiger partial charge is 0.338 e. The summed E-state index contributed by atoms with van der Waals surface area (Å²) in [5.41, 5.74) is 10.2. The van der Waals surface area contributed by atoms with Gasteiger partial charge in [0.25, 0.3) is 5.56 Å². The van der Waals surface area contributed by atoms with Crippen molar-refractivity contribution in [2.24, 2.45) is 5.73 Å². The molecule has 7 nitrogen and oxygen atoms in total. The van der Waals surface area contributed by atoms with E-state index >= 15 is 0 Å². The van der Waals surface area contributed by atoms with Crippen LogP contribution in [0.25, 0.3) is 17.5 Å². The molecule has 1 atom stereocenters. The first-order chi connectivity index (χ1) is 18.6. The van der Waals surface area contributed by atoms with Crippen LogP contribution in [0.2, 0.25) is 0 Å². The maximum Gasteiger partial charge on any atom is 0.338 e. The van der Waals surface area contributed by atoms with E-state index in [0.29, 0.717) is 26.6 Å². The maximum absolute atomic E-state index is 13.7. The molecule has 2 heterocycles. The molecule has 1 aliphatic heterocycles. The third kappa shape index (κ3) is 5.34. The van der Waals surface area contributed by atoms with Gasteiger partial charge in [-0.05, 0) is 47.1 Å². The van der Waals surface area contributed by atoms with Crippen LogP contribution in [0, 0.1) is 0 Å². The number of fused-ring (bicyclic) bond motifs is 1. The Balaban J connectivity index is 2.04. The number of ether oxygens (including phenoxy) is 2. The Kier molecular flexibility index (Phi) is 8.25. The number of methoxy groups -OCH3 is 1. The average molecular weight is 547 g/mol. The summed E-state index contributed by atoms with van der Waals surface area (Å²) in [6.45, 7) is 10.2. The molecule has 1 aliphatic rings. The first kappa shape index (κ1) is 28.1. The number of nitrogens with two attached hydrogens (primary N) is 1. The summed E-state index contributed by atoms with van der Waals surface area (Å²) in [6, 6.07) is 15.6. The van der Waals surface area contributed by atoms with E-state index in [0.717, 1.165) is 22.5 Å². The summed E-state index contributed by atoms with van der Waals surface area (Å²) < 4.78 is 12.5. The van der Waals surface area contributed by atoms with Gasteiger partial charge in [-0.25, -0.2) is 9.59 Å². The molecule has 1 aromatic heterocycles. The molecule has 0 radical (unpaired) electrons. The number of nitrogens with zero attached hydrogens (tertiary/aromatic N) is 1. The lowest BCUT2D eigenvalue weighted by molar-refractivity contribution is -0.138. The van der Waals surface area contributed by atoms with Gasteiger partial charge in [0.05, 0.1) is 35.3 Å². The summed E-state index contributed by atoms with van der Waals surface area (Å²) in [5.74, 6) is -1.57. The first-order valence-electron chi connectivity index (χ1n) is 13.0. The molecule has 0 bridgehead atoms. The molecule has 0 aliphatic carbocycles. The van der Waals surface area contributed by atoms with Crippen molar-refractivity contribution in [1.82, 2.24) is 4.57 Å². The number of hydrogen-bond donors (Lipinski definition) is 1. The molecule has 0 saturated heterocycles. The van der Waals surface area contributed by atoms with Crippen LogP contribution in [-0.2, 0) is 19.1 Å². The molecule has 8 heteroatoms. The molecule has 0 fully saturated rings. The zero-order valence-electron chi connectivity index (χ0n) is 23.1. The number of carbonyl (C=O) groups is 2. The minimum absolute atomic E-state index is 0.0368. The number of aromatic nitrogens is 1. The summed E-state index contributed by atoms with van der Waals surface area (Å²) in [7, 11) is 1.28. The van der Waals surface area contributed by atoms with Crippen molar-refractivity contribution >= 4 is 40.7 Å². The first-order valence-corrected chi connectivity index (χ1v) is 13.8. The van der Waals surface area contributed by atoms with E-state index in [1.165, 1.54) is 17.2 Å². The van der Waals surface area contributed by atoms with Gasteiger partial charge in [-0.3, -0.25) is 9.36 Å². The van der Waals surface area contributed by atoms with E-state index in [4.69, 9.17) is 15.2 Å². The van der Waals surface area contributed by atoms with E-state index in [1.54, 1.807) is 13.0 Å². The molecule has 0 unspecified atom stereocenters. The van der Waals surface area contributed by atoms with Crippen molar-refractivity contribution < 1.29 is 19.1 Å². The second-order valence-electron chi connectivity index (χ2n) is 10.1. The highest BCUT2D eigenvalue weighted by atomic mass is 32.1. The quantitative estimate of drug-likeness (QED) is 0.453. The van der Waals surface area contributed by atoms with E-state index < -0.39 is 23.4 Å². The van der Waals surface area contributed by atoms with Crippen molar-refractivity contribution in [3.63, 3.8) is 0 Å². The SMILES string of the molecule is CCOC(=O)C1=C(N)n2c(s/c(=C/c3ccc(C(C)C)cc3)c2=O)=C(C(=O)OC)[C@@H]1c1ccc(C(C)C)cc1. The lowest BCUT2D eigenvalue weighted by Crippen LogP contribution is -2.41. The summed E-state index contributed by atoms with van der Waals surface area (Å²) in [4.78, 5) is 40.3. The van der Waals surface area contributed by atoms with Gasteiger partial charge in [-0.1, -0.05) is 76.2 Å². The van der Waals surface area contributed by atoms with Gasteiger partial charge in [-0.2, -0.15) is 0 Å². The van der Waals surface area contributed by atoms with E-state index in [-0.39, 0.29) is 23.6 Å². The van der Waals surface area contributed by atoms with Gasteiger partial charge in [0.15, 0.2) is 0 Å². The lowest BCUT2D eigenvalue weighted by atomic mass is 9.82. The van der Waals surface area contributed by atoms with Crippen molar-refractivity contribution in [2.45, 2.75) is 52.4 Å². The van der Waals surface area contributed by atoms with Crippen LogP contribution in [0.4, 0.5) is 0 Å². The third-order valence-corrected chi connectivity index (χ3v) is 7.99. The van der Waals surface area contributed by atoms with Gasteiger partial charge in [0, 0.05) is 0 Å². The zero-order chi connectivity index (χ0) is 28.4. The number of rotatable bonds is 7. The Morgan fingerprint density at radius 2 is 1.51 bits per heavy atom. The Morgan fingerprint density at radius 3 is 2.03 bits per heavy atom. The molecule has 0 saturated carbocycles. The predicted octanol–water partition coefficient (Wildman–Crippen LogP) is 3.80. The highest BCUT2D eigenvalue weighted by Gasteiger charge is 2.39. The molecular formula is C31H34N2O5S. The monoisotopic (exact) mass is 546 g/mol. The Hall–Kier alpha value is -3.91. The van der Waals surface area contributed by atoms with Crippen molar-refractivity contribution in [3.8, 4) is 0 Å². The molecule has 0 spiro atoms. The highest BCUT2D eigenvalue weighted by molar-refractivity contribution is 7.07. The molecule has 2 N–H and O–H groups in total. The third-order valence-electron chi connectivity index (χ3n) is 6.89. The molecule has 4 rings (SSSR count). The van der Waals surface area contributed by atoms with Crippen LogP contribution in [-0.4, -0.2) is 30.2 Å². The number of carbonyl (C=O) groups excluding carboxylic acids is 2. The zero-order valence-corrected chi connectivity index (χ0v) is 23.9. The maximum atomic E-state index is 13.7. The van der Waals surface area contributed by atoms with Crippen molar-refractivity contribution in [1.29, 1.82) is 0 Å². The summed E-state index contributed by atoms with van der Waals surface area (Å²) in [5, 5.41) is 0. The normalized spacial score (nSPS) is 15.6. The molecule has 0 amide bonds. The molecule has 2 aromatic carbocycles. The second-order valence-corrected chi connectivity index (χ2v) is 11.1. The molecule has 39 heavy (non-hydrogen) atoms. The lowest BCUT2D eigenvalue weighted by Gasteiger charge is -2.27. The second kappa shape index (κ2) is 11.5. The minimum Gasteiger partial charge on any atom is -0.466 e. The number of esters is 2. The van der Waals surface area contributed by atoms with Crippen LogP contribution in [0.5, 0.6) is 0 Å². The van der Waals surface area contributed by atoms with Crippen LogP contribution in [0.3, 0.4) is 0 Å². The average Bonchev–Trinajstić information content (AvgIpc) is 3.24. The standard InChI is InChI=1S/C31H34N2O5S/c1-7-38-31(36)25-24(22-14-12-21(13-15-22)18(4)5)26(30(35)37-6)29-33(27(25)32)28(34)23(39-29)16-19-8-10-20(11-9-19)17(2)3/h8-18,24H,7,32H2,1-6H3/b23-16+/t24-/m1/s1. The Morgan fingerprint density at radius 1 is 0.949 bits per heavy atom. The Labute approximate surface area is 231 Å². The summed E-state index contributed by atoms with van der Waals surface area (Å²) in [6.07, 6.45) is 1.76. The van der Waals surface area contributed by atoms with Gasteiger partial charge < -0.3 is 15.2 Å². The fraction of sp³-hybridized carbons (Fsp3) is 0.323. The van der Waals surface area contributed by atoms with Crippen molar-refractivity contribution in [2.75, 3.05) is 13.7 Å². The van der Waals surface area contributed by atoms with Crippen LogP contribution < -0.4 is 20.5 Å². The van der Waals surface area contributed by atoms with Crippen LogP contribution in [0.15, 0.2) is 58.9 Å². The highest BCUT2D eigenvalue weighted by Crippen LogP contribution is 2.38. The molecule has 3 aromatic rings. The van der Waals surface area contributed by atoms with Gasteiger partial charge in [0.1, 0.15) is 10.5 Å². The van der Waals surface area contributed by atoms with Gasteiger partial charge in [0.2, 0.25) is 0 Å². The summed E-state index contributed by atoms with van der Waals surface area (Å²) >= 11 is 1.15. The minimum atomic E-state index is -0.867. The van der Waals surface area contributed by atoms with E-state index in [2.05, 4.69) is 27.7 Å². The topological polar surface area (TPSA) is 101 Å². The largest absolute Gasteiger partial charge is 0.466 e. The van der Waals surface area contributed by atoms with E-state index in [9.17, 15) is 14.4 Å². The fourth-order valence-electron chi connectivity index (χ4n) is 4.70. The number of benzene rings is 2. The predicted molar refractivity (Wildman–Crippen MR) is 155 cm³/mol. The van der Waals surface area contributed by atoms with Gasteiger partial charge in [-0.15, -0.1) is 11.3 Å². The van der Waals surface area contributed by atoms with Crippen LogP contribution in [0.1, 0.15) is 74.6 Å². The fourth-order valence-corrected chi connectivity index (χ4v) is 5.86. The van der Waals surface area contributed by atoms with Crippen molar-refractivity contribution in [3.05, 3.63) is 95.9 Å². The Bertz CT molecular complexity index is 1610. The molecular weight excluding hydrogens is 512 g/mol. The number of hydrogen-bond acceptors (Lipinski definition) is 7. The number of thiazole rings is 1. The van der Waals surface area contributed by atoms with Gasteiger partial charge >= 0.3 is 11.9 Å².